The predicted octanol–water partition coefficient (Wildman–Crippen LogP) is 0.440. The molecule has 6 nitrogen and oxygen atoms in total. The summed E-state index contributed by atoms with van der Waals surface area (Å²) in [6, 6.07) is 5.60. The van der Waals surface area contributed by atoms with Gasteiger partial charge in [-0.25, -0.2) is 16.8 Å². The summed E-state index contributed by atoms with van der Waals surface area (Å²) < 4.78 is 48.8. The number of anilines is 1. The van der Waals surface area contributed by atoms with Crippen molar-refractivity contribution in [3.8, 4) is 0 Å². The third-order valence-electron chi connectivity index (χ3n) is 2.56. The molecule has 1 unspecified atom stereocenters. The highest BCUT2D eigenvalue weighted by Gasteiger charge is 2.19. The minimum Gasteiger partial charge on any atom is -0.318 e. The van der Waals surface area contributed by atoms with Crippen molar-refractivity contribution < 1.29 is 16.8 Å². The number of nitrogens with one attached hydrogen (secondary N) is 2. The van der Waals surface area contributed by atoms with E-state index < -0.39 is 25.1 Å². The van der Waals surface area contributed by atoms with E-state index in [2.05, 4.69) is 10.0 Å². The Morgan fingerprint density at radius 2 is 1.63 bits per heavy atom. The molecule has 0 saturated carbocycles. The average Bonchev–Trinajstić information content (AvgIpc) is 2.28. The monoisotopic (exact) mass is 306 g/mol. The largest absolute Gasteiger partial charge is 0.318 e. The van der Waals surface area contributed by atoms with Gasteiger partial charge in [0.25, 0.3) is 0 Å². The maximum atomic E-state index is 11.9. The van der Waals surface area contributed by atoms with Crippen LogP contribution in [0.2, 0.25) is 0 Å². The van der Waals surface area contributed by atoms with Gasteiger partial charge in [-0.1, -0.05) is 0 Å². The second-order valence-electron chi connectivity index (χ2n) is 4.31. The second kappa shape index (κ2) is 5.89. The fraction of sp³-hybridized carbons (Fsp3) is 0.455. The van der Waals surface area contributed by atoms with Crippen LogP contribution in [0.3, 0.4) is 0 Å². The highest BCUT2D eigenvalue weighted by molar-refractivity contribution is 7.93. The number of benzene rings is 1. The Labute approximate surface area is 114 Å². The van der Waals surface area contributed by atoms with Crippen molar-refractivity contribution in [2.24, 2.45) is 0 Å². The molecule has 0 saturated heterocycles. The Morgan fingerprint density at radius 3 is 2.05 bits per heavy atom. The number of sulfone groups is 1. The first kappa shape index (κ1) is 15.9. The molecule has 0 fully saturated rings. The smallest absolute Gasteiger partial charge is 0.236 e. The lowest BCUT2D eigenvalue weighted by Crippen LogP contribution is -2.33. The predicted molar refractivity (Wildman–Crippen MR) is 75.5 cm³/mol. The third-order valence-corrected chi connectivity index (χ3v) is 5.44. The summed E-state index contributed by atoms with van der Waals surface area (Å²) in [7, 11) is -5.09. The van der Waals surface area contributed by atoms with E-state index >= 15 is 0 Å². The summed E-state index contributed by atoms with van der Waals surface area (Å²) >= 11 is 0. The van der Waals surface area contributed by atoms with Gasteiger partial charge in [-0.05, 0) is 38.2 Å². The lowest BCUT2D eigenvalue weighted by Gasteiger charge is -2.14. The summed E-state index contributed by atoms with van der Waals surface area (Å²) in [4.78, 5) is 0.152. The van der Waals surface area contributed by atoms with Crippen LogP contribution in [-0.2, 0) is 19.9 Å². The van der Waals surface area contributed by atoms with Crippen molar-refractivity contribution in [3.63, 3.8) is 0 Å². The maximum Gasteiger partial charge on any atom is 0.236 e. The van der Waals surface area contributed by atoms with Gasteiger partial charge in [-0.15, -0.1) is 0 Å². The molecule has 0 amide bonds. The molecule has 1 atom stereocenters. The first-order valence-electron chi connectivity index (χ1n) is 5.63. The molecule has 0 aromatic heterocycles. The lowest BCUT2D eigenvalue weighted by atomic mass is 10.3. The van der Waals surface area contributed by atoms with Crippen molar-refractivity contribution in [1.82, 2.24) is 5.32 Å². The molecule has 2 N–H and O–H groups in total. The van der Waals surface area contributed by atoms with E-state index in [9.17, 15) is 16.8 Å². The highest BCUT2D eigenvalue weighted by atomic mass is 32.2. The molecule has 0 radical (unpaired) electrons. The zero-order chi connectivity index (χ0) is 14.7. The Balaban J connectivity index is 2.90. The van der Waals surface area contributed by atoms with Crippen LogP contribution in [0.25, 0.3) is 0 Å². The van der Waals surface area contributed by atoms with Crippen LogP contribution in [0.5, 0.6) is 0 Å². The van der Waals surface area contributed by atoms with Crippen LogP contribution in [0, 0.1) is 0 Å². The first-order chi connectivity index (χ1) is 8.66. The molecule has 0 aliphatic rings. The molecule has 19 heavy (non-hydrogen) atoms. The van der Waals surface area contributed by atoms with Gasteiger partial charge in [0.15, 0.2) is 9.84 Å². The van der Waals surface area contributed by atoms with E-state index in [0.717, 1.165) is 6.26 Å². The van der Waals surface area contributed by atoms with Crippen LogP contribution >= 0.6 is 0 Å². The van der Waals surface area contributed by atoms with Crippen LogP contribution in [0.1, 0.15) is 6.92 Å². The van der Waals surface area contributed by atoms with Crippen LogP contribution in [0.4, 0.5) is 5.69 Å². The van der Waals surface area contributed by atoms with Gasteiger partial charge in [0.05, 0.1) is 10.1 Å². The molecular formula is C11H18N2O4S2. The molecule has 8 heteroatoms. The quantitative estimate of drug-likeness (QED) is 0.795. The number of rotatable bonds is 6. The molecule has 0 spiro atoms. The lowest BCUT2D eigenvalue weighted by molar-refractivity contribution is 0.583. The van der Waals surface area contributed by atoms with Crippen molar-refractivity contribution in [1.29, 1.82) is 0 Å². The summed E-state index contributed by atoms with van der Waals surface area (Å²) in [5.74, 6) is 0. The van der Waals surface area contributed by atoms with Gasteiger partial charge < -0.3 is 5.32 Å². The second-order valence-corrected chi connectivity index (χ2v) is 8.43. The Kier molecular flexibility index (Phi) is 4.94. The Morgan fingerprint density at radius 1 is 1.11 bits per heavy atom. The van der Waals surface area contributed by atoms with Crippen molar-refractivity contribution >= 4 is 25.5 Å². The molecule has 1 aromatic carbocycles. The fourth-order valence-corrected chi connectivity index (χ4v) is 3.11. The van der Waals surface area contributed by atoms with Crippen LogP contribution in [0.15, 0.2) is 29.2 Å². The van der Waals surface area contributed by atoms with E-state index in [1.165, 1.54) is 24.3 Å². The molecular weight excluding hydrogens is 288 g/mol. The van der Waals surface area contributed by atoms with Gasteiger partial charge in [0.1, 0.15) is 0 Å². The van der Waals surface area contributed by atoms with E-state index in [4.69, 9.17) is 0 Å². The Bertz CT molecular complexity index is 621. The van der Waals surface area contributed by atoms with Gasteiger partial charge in [0, 0.05) is 18.5 Å². The van der Waals surface area contributed by atoms with Crippen molar-refractivity contribution in [3.05, 3.63) is 24.3 Å². The van der Waals surface area contributed by atoms with E-state index in [1.807, 2.05) is 0 Å². The molecule has 1 aromatic rings. The molecule has 0 heterocycles. The summed E-state index contributed by atoms with van der Waals surface area (Å²) in [6.45, 7) is 1.92. The van der Waals surface area contributed by atoms with Gasteiger partial charge in [0.2, 0.25) is 10.0 Å². The fourth-order valence-electron chi connectivity index (χ4n) is 1.43. The SMILES string of the molecule is CNCC(C)S(=O)(=O)Nc1ccc(S(C)(=O)=O)cc1. The summed E-state index contributed by atoms with van der Waals surface area (Å²) in [5, 5.41) is 2.20. The van der Waals surface area contributed by atoms with E-state index in [-0.39, 0.29) is 4.90 Å². The third kappa shape index (κ3) is 4.48. The van der Waals surface area contributed by atoms with Crippen molar-refractivity contribution in [2.75, 3.05) is 24.6 Å². The number of hydrogen-bond donors (Lipinski definition) is 2. The summed E-state index contributed by atoms with van der Waals surface area (Å²) in [5.41, 5.74) is 0.343. The maximum absolute atomic E-state index is 11.9. The van der Waals surface area contributed by atoms with Crippen LogP contribution < -0.4 is 10.0 Å². The van der Waals surface area contributed by atoms with Crippen LogP contribution in [-0.4, -0.2) is 41.9 Å². The molecule has 0 aliphatic carbocycles. The number of sulfonamides is 1. The zero-order valence-electron chi connectivity index (χ0n) is 11.0. The molecule has 0 aliphatic heterocycles. The van der Waals surface area contributed by atoms with Gasteiger partial charge in [-0.2, -0.15) is 0 Å². The normalized spacial score (nSPS) is 14.1. The highest BCUT2D eigenvalue weighted by Crippen LogP contribution is 2.16. The minimum atomic E-state index is -3.49. The molecule has 108 valence electrons. The zero-order valence-corrected chi connectivity index (χ0v) is 12.7. The first-order valence-corrected chi connectivity index (χ1v) is 9.07. The van der Waals surface area contributed by atoms with Crippen molar-refractivity contribution in [2.45, 2.75) is 17.1 Å². The minimum absolute atomic E-state index is 0.152. The van der Waals surface area contributed by atoms with E-state index in [0.29, 0.717) is 12.2 Å². The number of hydrogen-bond acceptors (Lipinski definition) is 5. The topological polar surface area (TPSA) is 92.3 Å². The Hall–Kier alpha value is -1.12. The summed E-state index contributed by atoms with van der Waals surface area (Å²) in [6.07, 6.45) is 1.10. The molecule has 0 bridgehead atoms. The van der Waals surface area contributed by atoms with Gasteiger partial charge in [-0.3, -0.25) is 4.72 Å². The van der Waals surface area contributed by atoms with Gasteiger partial charge >= 0.3 is 0 Å². The standard InChI is InChI=1S/C11H18N2O4S2/c1-9(8-12-2)19(16,17)13-10-4-6-11(7-5-10)18(3,14)15/h4-7,9,12-13H,8H2,1-3H3. The molecule has 1 rings (SSSR count). The van der Waals surface area contributed by atoms with E-state index in [1.54, 1.807) is 14.0 Å². The average molecular weight is 306 g/mol.